The van der Waals surface area contributed by atoms with Gasteiger partial charge in [-0.05, 0) is 16.8 Å². The summed E-state index contributed by atoms with van der Waals surface area (Å²) in [6.45, 7) is 2.20. The molecule has 103 valence electrons. The van der Waals surface area contributed by atoms with E-state index in [9.17, 15) is 0 Å². The van der Waals surface area contributed by atoms with Crippen LogP contribution in [0.1, 0.15) is 24.0 Å². The predicted octanol–water partition coefficient (Wildman–Crippen LogP) is 3.82. The molecule has 0 saturated carbocycles. The summed E-state index contributed by atoms with van der Waals surface area (Å²) in [5.41, 5.74) is 3.48. The number of para-hydroxylation sites is 1. The summed E-state index contributed by atoms with van der Waals surface area (Å²) < 4.78 is 1.87. The molecule has 3 aromatic rings. The van der Waals surface area contributed by atoms with Crippen LogP contribution in [0.15, 0.2) is 67.0 Å². The second kappa shape index (κ2) is 6.64. The molecule has 1 heterocycles. The van der Waals surface area contributed by atoms with Crippen molar-refractivity contribution in [1.29, 1.82) is 0 Å². The smallest absolute Gasteiger partial charge is 0.0531 e. The zero-order chi connectivity index (χ0) is 13.1. The molecule has 20 heavy (non-hydrogen) atoms. The number of nitrogens with zero attached hydrogens (tertiary/aromatic N) is 2. The molecule has 1 aromatic heterocycles. The van der Waals surface area contributed by atoms with Gasteiger partial charge in [-0.1, -0.05) is 37.3 Å². The molecule has 0 aliphatic heterocycles. The average molecular weight is 440 g/mol. The molecule has 0 bridgehead atoms. The second-order valence-electron chi connectivity index (χ2n) is 4.60. The maximum Gasteiger partial charge on any atom is 0.0531 e. The molecule has 0 N–H and O–H groups in total. The summed E-state index contributed by atoms with van der Waals surface area (Å²) in [5.74, 6) is 0.346. The van der Waals surface area contributed by atoms with Gasteiger partial charge in [-0.25, -0.2) is 0 Å². The molecule has 1 atom stereocenters. The molecule has 0 spiro atoms. The van der Waals surface area contributed by atoms with Crippen LogP contribution in [0.5, 0.6) is 0 Å². The van der Waals surface area contributed by atoms with E-state index < -0.39 is 0 Å². The van der Waals surface area contributed by atoms with Crippen LogP contribution in [0, 0.1) is 6.07 Å². The summed E-state index contributed by atoms with van der Waals surface area (Å²) in [7, 11) is 0. The van der Waals surface area contributed by atoms with Crippen LogP contribution >= 0.6 is 0 Å². The third-order valence-electron chi connectivity index (χ3n) is 3.34. The molecular weight excluding hydrogens is 424 g/mol. The quantitative estimate of drug-likeness (QED) is 0.568. The van der Waals surface area contributed by atoms with Crippen LogP contribution in [0.2, 0.25) is 0 Å². The standard InChI is InChI=1S/C17H15N2.Ir/c1-14(15-8-4-2-5-9-15)16-12-18-19(13-16)17-10-6-3-7-11-17;/h2-10,12-14H,1H3;/q-1;. The minimum absolute atomic E-state index is 0. The summed E-state index contributed by atoms with van der Waals surface area (Å²) in [5, 5.41) is 4.42. The van der Waals surface area contributed by atoms with Gasteiger partial charge in [0.25, 0.3) is 0 Å². The zero-order valence-corrected chi connectivity index (χ0v) is 13.6. The Labute approximate surface area is 132 Å². The minimum Gasteiger partial charge on any atom is -0.265 e. The van der Waals surface area contributed by atoms with Crippen LogP contribution in [-0.4, -0.2) is 9.78 Å². The third-order valence-corrected chi connectivity index (χ3v) is 3.34. The van der Waals surface area contributed by atoms with Gasteiger partial charge in [0.1, 0.15) is 0 Å². The number of benzene rings is 2. The number of hydrogen-bond acceptors (Lipinski definition) is 1. The predicted molar refractivity (Wildman–Crippen MR) is 76.4 cm³/mol. The first-order chi connectivity index (χ1) is 9.34. The van der Waals surface area contributed by atoms with E-state index in [4.69, 9.17) is 0 Å². The van der Waals surface area contributed by atoms with Crippen molar-refractivity contribution in [2.24, 2.45) is 0 Å². The molecule has 1 unspecified atom stereocenters. The van der Waals surface area contributed by atoms with Crippen LogP contribution in [0.4, 0.5) is 0 Å². The fourth-order valence-electron chi connectivity index (χ4n) is 2.15. The van der Waals surface area contributed by atoms with E-state index in [1.165, 1.54) is 11.1 Å². The molecule has 3 rings (SSSR count). The van der Waals surface area contributed by atoms with E-state index >= 15 is 0 Å². The fraction of sp³-hybridized carbons (Fsp3) is 0.118. The summed E-state index contributed by atoms with van der Waals surface area (Å²) in [4.78, 5) is 0. The molecule has 0 aliphatic rings. The zero-order valence-electron chi connectivity index (χ0n) is 11.2. The van der Waals surface area contributed by atoms with Crippen LogP contribution in [0.25, 0.3) is 5.69 Å². The first-order valence-electron chi connectivity index (χ1n) is 6.41. The Bertz CT molecular complexity index is 647. The van der Waals surface area contributed by atoms with Crippen molar-refractivity contribution >= 4 is 0 Å². The Balaban J connectivity index is 0.00000147. The van der Waals surface area contributed by atoms with Crippen molar-refractivity contribution in [1.82, 2.24) is 9.78 Å². The van der Waals surface area contributed by atoms with E-state index in [2.05, 4.69) is 48.6 Å². The van der Waals surface area contributed by atoms with Crippen molar-refractivity contribution in [3.63, 3.8) is 0 Å². The average Bonchev–Trinajstić information content (AvgIpc) is 2.98. The Morgan fingerprint density at radius 1 is 1.00 bits per heavy atom. The first kappa shape index (κ1) is 14.7. The summed E-state index contributed by atoms with van der Waals surface area (Å²) >= 11 is 0. The van der Waals surface area contributed by atoms with Gasteiger partial charge < -0.3 is 0 Å². The molecule has 0 aliphatic carbocycles. The van der Waals surface area contributed by atoms with Gasteiger partial charge in [-0.2, -0.15) is 29.4 Å². The Morgan fingerprint density at radius 3 is 2.45 bits per heavy atom. The van der Waals surface area contributed by atoms with Crippen molar-refractivity contribution in [2.45, 2.75) is 12.8 Å². The topological polar surface area (TPSA) is 17.8 Å². The molecule has 2 aromatic carbocycles. The van der Waals surface area contributed by atoms with E-state index in [1.807, 2.05) is 41.2 Å². The fourth-order valence-corrected chi connectivity index (χ4v) is 2.15. The Hall–Kier alpha value is -1.70. The summed E-state index contributed by atoms with van der Waals surface area (Å²) in [6.07, 6.45) is 4.00. The molecule has 0 amide bonds. The number of rotatable bonds is 3. The van der Waals surface area contributed by atoms with Crippen molar-refractivity contribution in [3.8, 4) is 5.69 Å². The summed E-state index contributed by atoms with van der Waals surface area (Å²) in [6, 6.07) is 21.5. The van der Waals surface area contributed by atoms with Crippen LogP contribution in [-0.2, 0) is 20.1 Å². The van der Waals surface area contributed by atoms with Gasteiger partial charge in [0.05, 0.1) is 6.20 Å². The molecule has 2 nitrogen and oxygen atoms in total. The maximum atomic E-state index is 4.42. The molecule has 0 saturated heterocycles. The van der Waals surface area contributed by atoms with Gasteiger partial charge in [0.2, 0.25) is 0 Å². The Morgan fingerprint density at radius 2 is 1.75 bits per heavy atom. The van der Waals surface area contributed by atoms with Crippen LogP contribution < -0.4 is 0 Å². The third kappa shape index (κ3) is 3.06. The first-order valence-corrected chi connectivity index (χ1v) is 6.41. The molecule has 1 radical (unpaired) electrons. The number of hydrogen-bond donors (Lipinski definition) is 0. The van der Waals surface area contributed by atoms with Gasteiger partial charge in [0, 0.05) is 32.2 Å². The molecule has 0 fully saturated rings. The molecule has 3 heteroatoms. The van der Waals surface area contributed by atoms with Gasteiger partial charge in [-0.15, -0.1) is 6.07 Å². The monoisotopic (exact) mass is 440 g/mol. The normalized spacial score (nSPS) is 11.7. The van der Waals surface area contributed by atoms with Crippen molar-refractivity contribution < 1.29 is 20.1 Å². The SMILES string of the molecule is CC(c1ccccc1)c1cnn(-c2[c-]cccc2)c1.[Ir]. The second-order valence-corrected chi connectivity index (χ2v) is 4.60. The van der Waals surface area contributed by atoms with Crippen molar-refractivity contribution in [2.75, 3.05) is 0 Å². The van der Waals surface area contributed by atoms with Crippen molar-refractivity contribution in [3.05, 3.63) is 84.2 Å². The van der Waals surface area contributed by atoms with Gasteiger partial charge in [-0.3, -0.25) is 4.68 Å². The van der Waals surface area contributed by atoms with E-state index in [0.29, 0.717) is 5.92 Å². The maximum absolute atomic E-state index is 4.42. The Kier molecular flexibility index (Phi) is 4.88. The van der Waals surface area contributed by atoms with E-state index in [-0.39, 0.29) is 20.1 Å². The van der Waals surface area contributed by atoms with Gasteiger partial charge >= 0.3 is 0 Å². The largest absolute Gasteiger partial charge is 0.265 e. The number of aromatic nitrogens is 2. The van der Waals surface area contributed by atoms with Crippen LogP contribution in [0.3, 0.4) is 0 Å². The van der Waals surface area contributed by atoms with E-state index in [0.717, 1.165) is 5.69 Å². The molecular formula is C17H15IrN2-. The van der Waals surface area contributed by atoms with E-state index in [1.54, 1.807) is 0 Å². The minimum atomic E-state index is 0. The van der Waals surface area contributed by atoms with Gasteiger partial charge in [0.15, 0.2) is 0 Å².